The van der Waals surface area contributed by atoms with Crippen molar-refractivity contribution in [3.8, 4) is 158 Å². The predicted octanol–water partition coefficient (Wildman–Crippen LogP) is 35.5. The molecule has 0 saturated heterocycles. The molecule has 0 radical (unpaired) electrons. The van der Waals surface area contributed by atoms with Gasteiger partial charge >= 0.3 is 0 Å². The summed E-state index contributed by atoms with van der Waals surface area (Å²) < 4.78 is 27.0. The van der Waals surface area contributed by atoms with Crippen LogP contribution in [0.15, 0.2) is 517 Å². The molecule has 0 aliphatic carbocycles. The molecule has 0 bridgehead atoms. The van der Waals surface area contributed by atoms with Gasteiger partial charge < -0.3 is 22.4 Å². The van der Waals surface area contributed by atoms with Gasteiger partial charge in [0.2, 0.25) is 0 Å². The first-order valence-corrected chi connectivity index (χ1v) is 50.8. The summed E-state index contributed by atoms with van der Waals surface area (Å²) in [6.45, 7) is 0. The highest BCUT2D eigenvalue weighted by atomic mass is 32.1. The Labute approximate surface area is 863 Å². The predicted molar refractivity (Wildman–Crippen MR) is 614 cm³/mol. The van der Waals surface area contributed by atoms with Crippen LogP contribution < -0.4 is 0 Å². The van der Waals surface area contributed by atoms with Crippen molar-refractivity contribution in [1.29, 1.82) is 0 Å². The van der Waals surface area contributed by atoms with Crippen LogP contribution in [0.1, 0.15) is 0 Å². The van der Waals surface area contributed by atoms with Gasteiger partial charge in [-0.05, 0) is 149 Å². The number of hydrogen-bond donors (Lipinski definition) is 0. The quantitative estimate of drug-likeness (QED) is 0.0955. The lowest BCUT2D eigenvalue weighted by Crippen LogP contribution is -2.00. The maximum Gasteiger partial charge on any atom is 0.167 e. The first kappa shape index (κ1) is 87.6. The average Bonchev–Trinajstić information content (AvgIpc) is 1.59. The van der Waals surface area contributed by atoms with E-state index in [-0.39, 0.29) is 0 Å². The summed E-state index contributed by atoms with van der Waals surface area (Å²) in [5.41, 5.74) is 29.1. The van der Waals surface area contributed by atoms with Crippen LogP contribution in [0.3, 0.4) is 0 Å². The van der Waals surface area contributed by atoms with E-state index >= 15 is 0 Å². The van der Waals surface area contributed by atoms with E-state index in [4.69, 9.17) is 58.1 Å². The Balaban J connectivity index is 0.000000108. The molecule has 0 amide bonds. The van der Waals surface area contributed by atoms with E-state index in [1.54, 1.807) is 0 Å². The van der Waals surface area contributed by atoms with E-state index in [1.807, 2.05) is 224 Å². The van der Waals surface area contributed by atoms with Crippen molar-refractivity contribution >= 4 is 141 Å². The number of aromatic nitrogens is 11. The summed E-state index contributed by atoms with van der Waals surface area (Å²) in [6, 6.07) is 174. The van der Waals surface area contributed by atoms with Crippen LogP contribution in [-0.2, 0) is 0 Å². The molecule has 0 unspecified atom stereocenters. The van der Waals surface area contributed by atoms with Crippen molar-refractivity contribution in [1.82, 2.24) is 54.0 Å². The maximum atomic E-state index is 6.88. The van der Waals surface area contributed by atoms with Crippen LogP contribution in [0.2, 0.25) is 0 Å². The smallest absolute Gasteiger partial charge is 0.167 e. The third-order valence-corrected chi connectivity index (χ3v) is 29.4. The van der Waals surface area contributed by atoms with Gasteiger partial charge in [0.25, 0.3) is 0 Å². The second-order valence-corrected chi connectivity index (χ2v) is 38.4. The third-order valence-electron chi connectivity index (χ3n) is 28.3. The molecule has 0 atom stereocenters. The number of nitrogens with zero attached hydrogens (tertiary/aromatic N) is 11. The van der Waals surface area contributed by atoms with E-state index in [0.717, 1.165) is 155 Å². The summed E-state index contributed by atoms with van der Waals surface area (Å²) in [5, 5.41) is 13.8. The van der Waals surface area contributed by atoms with Gasteiger partial charge in [-0.3, -0.25) is 0 Å². The van der Waals surface area contributed by atoms with Crippen LogP contribution in [0.4, 0.5) is 0 Å². The summed E-state index contributed by atoms with van der Waals surface area (Å²) in [6.07, 6.45) is 0. The summed E-state index contributed by atoms with van der Waals surface area (Å²) >= 11 is 1.82. The van der Waals surface area contributed by atoms with Gasteiger partial charge in [0.05, 0.1) is 27.6 Å². The molecular weight excluding hydrogens is 1860 g/mol. The van der Waals surface area contributed by atoms with Gasteiger partial charge in [-0.2, -0.15) is 0 Å². The number of fused-ring (bicyclic) bond motifs is 18. The molecule has 0 aliphatic rings. The van der Waals surface area contributed by atoms with Crippen molar-refractivity contribution in [3.05, 3.63) is 504 Å². The minimum absolute atomic E-state index is 0.569. The topological polar surface area (TPSA) is 165 Å². The fourth-order valence-corrected chi connectivity index (χ4v) is 22.2. The van der Waals surface area contributed by atoms with E-state index in [0.29, 0.717) is 52.4 Å². The lowest BCUT2D eigenvalue weighted by atomic mass is 9.98. The zero-order valence-corrected chi connectivity index (χ0v) is 81.3. The molecule has 30 rings (SSSR count). The number of furan rings is 3. The highest BCUT2D eigenvalue weighted by molar-refractivity contribution is 7.25. The molecule has 0 N–H and O–H groups in total. The number of para-hydroxylation sites is 9. The van der Waals surface area contributed by atoms with Gasteiger partial charge in [0.1, 0.15) is 33.5 Å². The fourth-order valence-electron chi connectivity index (χ4n) is 21.1. The molecule has 15 heteroatoms. The number of benzene rings is 21. The van der Waals surface area contributed by atoms with E-state index in [2.05, 4.69) is 300 Å². The van der Waals surface area contributed by atoms with Gasteiger partial charge in [-0.15, -0.1) is 11.3 Å². The molecule has 150 heavy (non-hydrogen) atoms. The van der Waals surface area contributed by atoms with Crippen LogP contribution >= 0.6 is 11.3 Å². The molecule has 9 heterocycles. The molecule has 9 aromatic heterocycles. The molecule has 21 aromatic carbocycles. The zero-order valence-electron chi connectivity index (χ0n) is 80.5. The summed E-state index contributed by atoms with van der Waals surface area (Å²) in [5.74, 6) is 5.67. The van der Waals surface area contributed by atoms with Crippen LogP contribution in [0, 0.1) is 0 Å². The SMILES string of the molecule is c1ccc(-c2nc(-c3ccccc3)nc(-c3ccc4sc5ccc(-c6ccc7c(c6)c6ccccc6n7-c6ccccc6)cc5c4c3)n2)cc1.c1ccc(-c2nc(-c3ccccc3)nc(-c3cccc(-c4cccc5c4oc4ccc(-c6cccc7c6oc6ccccc67)cc45)c3)n2)cc1.c1ccc(-c2nc(-c3ccccc3)nc(-c3cccc4c3oc3c(-c5ccc6c(c5)c5ccccc5n6-c5ccccc5)cccc34)n2)cc1. The lowest BCUT2D eigenvalue weighted by Gasteiger charge is -2.10. The van der Waals surface area contributed by atoms with Crippen molar-refractivity contribution in [2.45, 2.75) is 0 Å². The molecule has 14 nitrogen and oxygen atoms in total. The van der Waals surface area contributed by atoms with Gasteiger partial charge in [0, 0.05) is 147 Å². The van der Waals surface area contributed by atoms with E-state index in [9.17, 15) is 0 Å². The van der Waals surface area contributed by atoms with E-state index in [1.165, 1.54) is 80.6 Å². The zero-order chi connectivity index (χ0) is 99.1. The number of thiophene rings is 1. The monoisotopic (exact) mass is 1940 g/mol. The second-order valence-electron chi connectivity index (χ2n) is 37.3. The van der Waals surface area contributed by atoms with Gasteiger partial charge in [-0.25, -0.2) is 44.9 Å². The van der Waals surface area contributed by atoms with Crippen molar-refractivity contribution in [3.63, 3.8) is 0 Å². The van der Waals surface area contributed by atoms with Gasteiger partial charge in [-0.1, -0.05) is 382 Å². The molecule has 0 saturated carbocycles. The molecule has 30 aromatic rings. The van der Waals surface area contributed by atoms with Crippen LogP contribution in [0.25, 0.3) is 288 Å². The fraction of sp³-hybridized carbons (Fsp3) is 0. The Kier molecular flexibility index (Phi) is 21.8. The summed E-state index contributed by atoms with van der Waals surface area (Å²) in [4.78, 5) is 44.5. The minimum Gasteiger partial charge on any atom is -0.455 e. The average molecular weight is 1940 g/mol. The Hall–Kier alpha value is -20.1. The molecule has 0 fully saturated rings. The normalized spacial score (nSPS) is 11.6. The Bertz CT molecular complexity index is 10300. The first-order chi connectivity index (χ1) is 74.3. The van der Waals surface area contributed by atoms with Crippen molar-refractivity contribution in [2.75, 3.05) is 0 Å². The van der Waals surface area contributed by atoms with E-state index < -0.39 is 0 Å². The number of hydrogen-bond acceptors (Lipinski definition) is 13. The molecule has 0 spiro atoms. The Morgan fingerprint density at radius 3 is 0.853 bits per heavy atom. The molecular formula is C135H83N11O3S. The molecule has 702 valence electrons. The Morgan fingerprint density at radius 2 is 0.407 bits per heavy atom. The largest absolute Gasteiger partial charge is 0.455 e. The van der Waals surface area contributed by atoms with Crippen molar-refractivity contribution < 1.29 is 13.3 Å². The van der Waals surface area contributed by atoms with Crippen LogP contribution in [0.5, 0.6) is 0 Å². The minimum atomic E-state index is 0.569. The highest BCUT2D eigenvalue weighted by Crippen LogP contribution is 2.48. The standard InChI is InChI=1S/C45H28N4O.C45H28N4S.C45H27N3O2/c1-4-14-29(15-5-1)43-46-44(30-16-6-2-7-17-30)48-45(47-43)37-24-13-23-36-35-22-12-21-33(41(35)50-42(36)37)31-26-27-40-38(28-31)34-20-10-11-25-39(34)49(40)32-18-8-3-9-19-32;1-4-12-29(13-5-1)43-46-44(30-14-6-2-7-15-30)48-45(47-43)33-22-25-42-38(28-33)37-27-32(21-24-41(37)50-42)31-20-23-40-36(26-31)35-18-10-11-19-39(35)49(40)34-16-8-3-9-17-34;1-3-12-28(13-4-1)43-46-44(29-14-5-2-6-15-29)48-45(47-43)32-17-9-16-30(26-32)33-19-11-22-37-38-27-31(24-25-40(38)50-42(33)37)34-20-10-21-36-35-18-7-8-23-39(35)49-41(34)36/h2*1-28H;1-27H. The lowest BCUT2D eigenvalue weighted by molar-refractivity contribution is 0.669. The first-order valence-electron chi connectivity index (χ1n) is 50.0. The number of rotatable bonds is 15. The Morgan fingerprint density at radius 1 is 0.147 bits per heavy atom. The van der Waals surface area contributed by atoms with Crippen molar-refractivity contribution in [2.24, 2.45) is 0 Å². The summed E-state index contributed by atoms with van der Waals surface area (Å²) in [7, 11) is 0. The molecule has 0 aliphatic heterocycles. The second kappa shape index (κ2) is 37.2. The highest BCUT2D eigenvalue weighted by Gasteiger charge is 2.26. The van der Waals surface area contributed by atoms with Crippen LogP contribution in [-0.4, -0.2) is 54.0 Å². The maximum absolute atomic E-state index is 6.88. The third kappa shape index (κ3) is 15.9. The van der Waals surface area contributed by atoms with Gasteiger partial charge in [0.15, 0.2) is 52.4 Å².